The maximum absolute atomic E-state index is 12.6. The Bertz CT molecular complexity index is 1690. The largest absolute Gasteiger partial charge is 0.394 e. The van der Waals surface area contributed by atoms with Crippen molar-refractivity contribution in [1.29, 1.82) is 0 Å². The number of hydrogen-bond donors (Lipinski definition) is 12. The molecule has 376 valence electrons. The van der Waals surface area contributed by atoms with Crippen LogP contribution in [-0.2, 0) is 28.4 Å². The zero-order valence-electron chi connectivity index (χ0n) is 39.3. The molecule has 0 amide bonds. The topological polar surface area (TPSA) is 298 Å². The highest BCUT2D eigenvalue weighted by Gasteiger charge is 2.84. The Kier molecular flexibility index (Phi) is 13.7. The van der Waals surface area contributed by atoms with Crippen LogP contribution in [0.3, 0.4) is 0 Å². The lowest BCUT2D eigenvalue weighted by Crippen LogP contribution is -2.65. The number of ether oxygens (including phenoxy) is 6. The number of rotatable bonds is 12. The fourth-order valence-corrected chi connectivity index (χ4v) is 15.6. The third kappa shape index (κ3) is 7.82. The monoisotopic (exact) mass is 933 g/mol. The minimum absolute atomic E-state index is 0.00542. The molecular formula is C47H80O18. The summed E-state index contributed by atoms with van der Waals surface area (Å²) in [6, 6.07) is 0. The molecule has 18 heteroatoms. The fourth-order valence-electron chi connectivity index (χ4n) is 15.6. The highest BCUT2D eigenvalue weighted by molar-refractivity contribution is 5.32. The van der Waals surface area contributed by atoms with Crippen LogP contribution < -0.4 is 0 Å². The third-order valence-corrected chi connectivity index (χ3v) is 19.5. The summed E-state index contributed by atoms with van der Waals surface area (Å²) in [6.07, 6.45) is -16.2. The number of hydrogen-bond acceptors (Lipinski definition) is 18. The van der Waals surface area contributed by atoms with E-state index in [1.54, 1.807) is 13.8 Å². The molecule has 26 atom stereocenters. The van der Waals surface area contributed by atoms with E-state index in [0.717, 1.165) is 25.7 Å². The van der Waals surface area contributed by atoms with Crippen molar-refractivity contribution in [3.63, 3.8) is 0 Å². The van der Waals surface area contributed by atoms with Gasteiger partial charge in [-0.2, -0.15) is 0 Å². The van der Waals surface area contributed by atoms with Crippen LogP contribution in [0.2, 0.25) is 0 Å². The van der Waals surface area contributed by atoms with Crippen molar-refractivity contribution >= 4 is 0 Å². The van der Waals surface area contributed by atoms with Crippen LogP contribution in [0.25, 0.3) is 0 Å². The second-order valence-corrected chi connectivity index (χ2v) is 23.5. The summed E-state index contributed by atoms with van der Waals surface area (Å²) in [5.41, 5.74) is -2.64. The molecule has 2 spiro atoms. The normalized spacial score (nSPS) is 55.0. The average molecular weight is 933 g/mol. The molecule has 8 rings (SSSR count). The van der Waals surface area contributed by atoms with Crippen LogP contribution in [0, 0.1) is 50.7 Å². The van der Waals surface area contributed by atoms with E-state index in [1.165, 1.54) is 6.92 Å². The van der Waals surface area contributed by atoms with Gasteiger partial charge < -0.3 is 89.7 Å². The van der Waals surface area contributed by atoms with E-state index in [4.69, 9.17) is 28.4 Å². The Labute approximate surface area is 382 Å². The smallest absolute Gasteiger partial charge is 0.187 e. The Morgan fingerprint density at radius 3 is 2.05 bits per heavy atom. The first kappa shape index (κ1) is 50.7. The summed E-state index contributed by atoms with van der Waals surface area (Å²) in [4.78, 5) is 0. The lowest BCUT2D eigenvalue weighted by molar-refractivity contribution is -0.375. The van der Waals surface area contributed by atoms with Crippen LogP contribution in [0.5, 0.6) is 0 Å². The standard InChI is InChI=1S/C47H80O18/c1-20(9-10-27(52)43(5,6)65-39-35(58)31(54)24(51)18-60-39)29-23(50)16-45(8)38-22(49)15-26-42(3,4)28(11-12-46(26)19-47(38,46)14-13-44(29,45)7)63-41-37(34(57)32(55)25(17-48)62-41)64-40-36(59)33(56)30(53)21(2)61-40/h20-41,48-59H,9-19H2,1-8H3. The second-order valence-electron chi connectivity index (χ2n) is 23.5. The van der Waals surface area contributed by atoms with Crippen LogP contribution in [0.1, 0.15) is 113 Å². The van der Waals surface area contributed by atoms with Gasteiger partial charge in [0, 0.05) is 0 Å². The average Bonchev–Trinajstić information content (AvgIpc) is 3.84. The molecular weight excluding hydrogens is 852 g/mol. The van der Waals surface area contributed by atoms with Crippen LogP contribution in [-0.4, -0.2) is 191 Å². The summed E-state index contributed by atoms with van der Waals surface area (Å²) >= 11 is 0. The van der Waals surface area contributed by atoms with E-state index in [9.17, 15) is 61.3 Å². The van der Waals surface area contributed by atoms with Gasteiger partial charge in [-0.05, 0) is 129 Å². The van der Waals surface area contributed by atoms with E-state index < -0.39 is 128 Å². The predicted octanol–water partition coefficient (Wildman–Crippen LogP) is -0.585. The van der Waals surface area contributed by atoms with Crippen molar-refractivity contribution in [2.45, 2.75) is 229 Å². The number of aliphatic hydroxyl groups excluding tert-OH is 12. The SMILES string of the molecule is CC(CCC(O)C(C)(C)OC1OCC(O)C(O)C1O)C1C(O)CC2(C)C3C(O)CC4C(C)(C)C(OC5OC(CO)C(O)C(O)C5OC5OC(C)C(O)C(O)C5O)CCC45CC35CCC12C. The highest BCUT2D eigenvalue weighted by atomic mass is 16.8. The van der Waals surface area contributed by atoms with Gasteiger partial charge in [0.1, 0.15) is 61.0 Å². The Morgan fingerprint density at radius 1 is 0.692 bits per heavy atom. The summed E-state index contributed by atoms with van der Waals surface area (Å²) in [5.74, 6) is -0.118. The van der Waals surface area contributed by atoms with Gasteiger partial charge in [0.25, 0.3) is 0 Å². The van der Waals surface area contributed by atoms with Crippen molar-refractivity contribution in [3.8, 4) is 0 Å². The summed E-state index contributed by atoms with van der Waals surface area (Å²) in [7, 11) is 0. The van der Waals surface area contributed by atoms with Gasteiger partial charge in [0.2, 0.25) is 0 Å². The molecule has 26 unspecified atom stereocenters. The molecule has 0 aromatic carbocycles. The first-order valence-corrected chi connectivity index (χ1v) is 24.2. The molecule has 8 aliphatic rings. The zero-order valence-corrected chi connectivity index (χ0v) is 39.3. The minimum Gasteiger partial charge on any atom is -0.394 e. The molecule has 3 aliphatic heterocycles. The van der Waals surface area contributed by atoms with Crippen LogP contribution >= 0.6 is 0 Å². The van der Waals surface area contributed by atoms with Gasteiger partial charge in [-0.25, -0.2) is 0 Å². The third-order valence-electron chi connectivity index (χ3n) is 19.5. The van der Waals surface area contributed by atoms with E-state index in [1.807, 2.05) is 0 Å². The molecule has 0 bridgehead atoms. The molecule has 0 radical (unpaired) electrons. The molecule has 5 aliphatic carbocycles. The molecule has 0 aromatic rings. The van der Waals surface area contributed by atoms with Crippen molar-refractivity contribution in [3.05, 3.63) is 0 Å². The molecule has 18 nitrogen and oxygen atoms in total. The lowest BCUT2D eigenvalue weighted by Gasteiger charge is -2.64. The van der Waals surface area contributed by atoms with Gasteiger partial charge >= 0.3 is 0 Å². The molecule has 65 heavy (non-hydrogen) atoms. The Balaban J connectivity index is 0.960. The molecule has 3 heterocycles. The lowest BCUT2D eigenvalue weighted by atomic mass is 9.41. The molecule has 8 fully saturated rings. The fraction of sp³-hybridized carbons (Fsp3) is 1.00. The number of fused-ring (bicyclic) bond motifs is 2. The molecule has 12 N–H and O–H groups in total. The van der Waals surface area contributed by atoms with Crippen LogP contribution in [0.4, 0.5) is 0 Å². The Morgan fingerprint density at radius 2 is 1.37 bits per heavy atom. The molecule has 5 saturated carbocycles. The summed E-state index contributed by atoms with van der Waals surface area (Å²) < 4.78 is 36.0. The summed E-state index contributed by atoms with van der Waals surface area (Å²) in [6.45, 7) is 15.0. The van der Waals surface area contributed by atoms with Gasteiger partial charge in [0.05, 0.1) is 49.3 Å². The van der Waals surface area contributed by atoms with E-state index in [0.29, 0.717) is 32.1 Å². The van der Waals surface area contributed by atoms with E-state index in [-0.39, 0.29) is 51.9 Å². The van der Waals surface area contributed by atoms with Gasteiger partial charge in [-0.15, -0.1) is 0 Å². The predicted molar refractivity (Wildman–Crippen MR) is 227 cm³/mol. The first-order chi connectivity index (χ1) is 30.2. The molecule has 3 saturated heterocycles. The minimum atomic E-state index is -1.69. The van der Waals surface area contributed by atoms with Crippen molar-refractivity contribution in [2.75, 3.05) is 13.2 Å². The quantitative estimate of drug-likeness (QED) is 0.109. The number of aliphatic hydroxyl groups is 12. The molecule has 0 aromatic heterocycles. The maximum atomic E-state index is 12.6. The van der Waals surface area contributed by atoms with Crippen molar-refractivity contribution in [2.24, 2.45) is 50.7 Å². The van der Waals surface area contributed by atoms with E-state index >= 15 is 0 Å². The van der Waals surface area contributed by atoms with Gasteiger partial charge in [-0.3, -0.25) is 0 Å². The van der Waals surface area contributed by atoms with Crippen molar-refractivity contribution < 1.29 is 89.7 Å². The highest BCUT2D eigenvalue weighted by Crippen LogP contribution is 2.89. The maximum Gasteiger partial charge on any atom is 0.187 e. The van der Waals surface area contributed by atoms with Gasteiger partial charge in [-0.1, -0.05) is 34.6 Å². The van der Waals surface area contributed by atoms with Crippen molar-refractivity contribution in [1.82, 2.24) is 0 Å². The van der Waals surface area contributed by atoms with E-state index in [2.05, 4.69) is 34.6 Å². The zero-order chi connectivity index (χ0) is 47.7. The first-order valence-electron chi connectivity index (χ1n) is 24.2. The van der Waals surface area contributed by atoms with Gasteiger partial charge in [0.15, 0.2) is 18.9 Å². The summed E-state index contributed by atoms with van der Waals surface area (Å²) in [5, 5.41) is 130. The Hall–Kier alpha value is -0.720. The second kappa shape index (κ2) is 17.5. The van der Waals surface area contributed by atoms with Crippen LogP contribution in [0.15, 0.2) is 0 Å².